The number of hydrogen-bond donors (Lipinski definition) is 4. The Balaban J connectivity index is 1.64. The van der Waals surface area contributed by atoms with Crippen LogP contribution in [0, 0.1) is 5.41 Å². The molecule has 0 unspecified atom stereocenters. The maximum atomic E-state index is 13.0. The molecule has 0 radical (unpaired) electrons. The number of pyridine rings is 2. The zero-order valence-electron chi connectivity index (χ0n) is 16.6. The first-order valence-corrected chi connectivity index (χ1v) is 9.98. The number of hydrogen-bond acceptors (Lipinski definition) is 6. The second-order valence-corrected chi connectivity index (χ2v) is 7.33. The number of nitrogens with one attached hydrogen (secondary N) is 3. The topological polar surface area (TPSA) is 117 Å². The van der Waals surface area contributed by atoms with E-state index in [0.717, 1.165) is 40.6 Å². The minimum Gasteiger partial charge on any atom is -0.404 e. The summed E-state index contributed by atoms with van der Waals surface area (Å²) in [5.41, 5.74) is 10.2. The lowest BCUT2D eigenvalue weighted by Gasteiger charge is -2.15. The Kier molecular flexibility index (Phi) is 5.70. The van der Waals surface area contributed by atoms with Crippen molar-refractivity contribution in [2.24, 2.45) is 5.73 Å². The first-order valence-electron chi connectivity index (χ1n) is 9.98. The Hall–Kier alpha value is -3.74. The van der Waals surface area contributed by atoms with Crippen LogP contribution in [0.1, 0.15) is 34.3 Å². The van der Waals surface area contributed by atoms with Gasteiger partial charge in [-0.1, -0.05) is 12.1 Å². The predicted octanol–water partition coefficient (Wildman–Crippen LogP) is 3.13. The van der Waals surface area contributed by atoms with Gasteiger partial charge < -0.3 is 21.8 Å². The van der Waals surface area contributed by atoms with Gasteiger partial charge in [0.15, 0.2) is 0 Å². The molecule has 3 aromatic rings. The summed E-state index contributed by atoms with van der Waals surface area (Å²) in [4.78, 5) is 21.6. The monoisotopic (exact) mass is 400 g/mol. The first kappa shape index (κ1) is 19.6. The number of amides is 1. The lowest BCUT2D eigenvalue weighted by Crippen LogP contribution is -2.27. The summed E-state index contributed by atoms with van der Waals surface area (Å²) >= 11 is 0. The SMILES string of the molecule is N=C/C(=C\N)c1ccc2ncc(C(=O)NCCc3cccnc3)c(NC3CC3)c2c1. The lowest BCUT2D eigenvalue weighted by molar-refractivity contribution is 0.0954. The number of benzene rings is 1. The summed E-state index contributed by atoms with van der Waals surface area (Å²) in [6.07, 6.45) is 10.7. The highest BCUT2D eigenvalue weighted by Gasteiger charge is 2.25. The Morgan fingerprint density at radius 3 is 2.83 bits per heavy atom. The van der Waals surface area contributed by atoms with Gasteiger partial charge >= 0.3 is 0 Å². The molecule has 0 aliphatic heterocycles. The standard InChI is InChI=1S/C23H24N6O/c24-11-17(12-25)16-3-6-21-19(10-16)22(29-18-4-5-18)20(14-28-21)23(30)27-9-7-15-2-1-8-26-13-15/h1-3,6,8,10-14,18,24H,4-5,7,9,25H2,(H,27,30)(H,28,29)/b17-12+,24-11?. The van der Waals surface area contributed by atoms with Crippen molar-refractivity contribution in [3.05, 3.63) is 71.8 Å². The number of nitrogens with two attached hydrogens (primary N) is 1. The van der Waals surface area contributed by atoms with Gasteiger partial charge in [-0.15, -0.1) is 0 Å². The molecule has 5 N–H and O–H groups in total. The molecule has 0 saturated heterocycles. The molecule has 152 valence electrons. The maximum absolute atomic E-state index is 13.0. The van der Waals surface area contributed by atoms with E-state index in [1.807, 2.05) is 30.3 Å². The summed E-state index contributed by atoms with van der Waals surface area (Å²) in [6, 6.07) is 9.95. The third-order valence-corrected chi connectivity index (χ3v) is 5.13. The molecular weight excluding hydrogens is 376 g/mol. The van der Waals surface area contributed by atoms with Gasteiger partial charge in [-0.3, -0.25) is 14.8 Å². The number of carbonyl (C=O) groups excluding carboxylic acids is 1. The molecule has 1 amide bonds. The van der Waals surface area contributed by atoms with E-state index in [-0.39, 0.29) is 5.91 Å². The highest BCUT2D eigenvalue weighted by Crippen LogP contribution is 2.33. The summed E-state index contributed by atoms with van der Waals surface area (Å²) < 4.78 is 0. The van der Waals surface area contributed by atoms with Gasteiger partial charge in [0.2, 0.25) is 0 Å². The number of nitrogens with zero attached hydrogens (tertiary/aromatic N) is 2. The average molecular weight is 400 g/mol. The molecule has 2 heterocycles. The fourth-order valence-corrected chi connectivity index (χ4v) is 3.32. The quantitative estimate of drug-likeness (QED) is 0.434. The van der Waals surface area contributed by atoms with Crippen molar-refractivity contribution in [1.82, 2.24) is 15.3 Å². The van der Waals surface area contributed by atoms with Crippen molar-refractivity contribution >= 4 is 34.3 Å². The molecule has 2 aromatic heterocycles. The van der Waals surface area contributed by atoms with Crippen molar-refractivity contribution in [1.29, 1.82) is 5.41 Å². The minimum absolute atomic E-state index is 0.163. The molecule has 0 atom stereocenters. The van der Waals surface area contributed by atoms with Crippen molar-refractivity contribution in [2.45, 2.75) is 25.3 Å². The molecular formula is C23H24N6O. The van der Waals surface area contributed by atoms with Crippen LogP contribution >= 0.6 is 0 Å². The summed E-state index contributed by atoms with van der Waals surface area (Å²) in [5.74, 6) is -0.163. The highest BCUT2D eigenvalue weighted by atomic mass is 16.1. The van der Waals surface area contributed by atoms with Crippen LogP contribution in [0.25, 0.3) is 16.5 Å². The van der Waals surface area contributed by atoms with E-state index in [1.165, 1.54) is 12.4 Å². The van der Waals surface area contributed by atoms with Crippen LogP contribution < -0.4 is 16.4 Å². The molecule has 0 bridgehead atoms. The summed E-state index contributed by atoms with van der Waals surface area (Å²) in [7, 11) is 0. The molecule has 1 aromatic carbocycles. The Morgan fingerprint density at radius 2 is 2.13 bits per heavy atom. The zero-order valence-corrected chi connectivity index (χ0v) is 16.6. The van der Waals surface area contributed by atoms with Gasteiger partial charge in [0.25, 0.3) is 5.91 Å². The van der Waals surface area contributed by atoms with Crippen LogP contribution in [0.4, 0.5) is 5.69 Å². The van der Waals surface area contributed by atoms with Gasteiger partial charge in [-0.25, -0.2) is 0 Å². The van der Waals surface area contributed by atoms with Crippen molar-refractivity contribution < 1.29 is 4.79 Å². The van der Waals surface area contributed by atoms with Crippen molar-refractivity contribution in [3.63, 3.8) is 0 Å². The number of carbonyl (C=O) groups is 1. The molecule has 1 aliphatic rings. The van der Waals surface area contributed by atoms with E-state index in [0.29, 0.717) is 30.1 Å². The smallest absolute Gasteiger partial charge is 0.254 e. The van der Waals surface area contributed by atoms with E-state index in [4.69, 9.17) is 11.1 Å². The van der Waals surface area contributed by atoms with Crippen LogP contribution in [0.5, 0.6) is 0 Å². The number of anilines is 1. The lowest BCUT2D eigenvalue weighted by atomic mass is 10.0. The third kappa shape index (κ3) is 4.30. The molecule has 30 heavy (non-hydrogen) atoms. The van der Waals surface area contributed by atoms with Crippen LogP contribution in [-0.4, -0.2) is 34.7 Å². The normalized spacial score (nSPS) is 13.8. The second-order valence-electron chi connectivity index (χ2n) is 7.33. The molecule has 0 spiro atoms. The number of rotatable bonds is 8. The number of aromatic nitrogens is 2. The van der Waals surface area contributed by atoms with Gasteiger partial charge in [0.05, 0.1) is 16.8 Å². The Bertz CT molecular complexity index is 1110. The van der Waals surface area contributed by atoms with Gasteiger partial charge in [0.1, 0.15) is 0 Å². The van der Waals surface area contributed by atoms with E-state index < -0.39 is 0 Å². The molecule has 1 fully saturated rings. The molecule has 4 rings (SSSR count). The second kappa shape index (κ2) is 8.73. The van der Waals surface area contributed by atoms with E-state index in [2.05, 4.69) is 20.6 Å². The van der Waals surface area contributed by atoms with Gasteiger partial charge in [0, 0.05) is 54.6 Å². The van der Waals surface area contributed by atoms with E-state index >= 15 is 0 Å². The first-order chi connectivity index (χ1) is 14.7. The molecule has 7 nitrogen and oxygen atoms in total. The zero-order chi connectivity index (χ0) is 20.9. The largest absolute Gasteiger partial charge is 0.404 e. The van der Waals surface area contributed by atoms with Crippen LogP contribution in [0.15, 0.2) is 55.1 Å². The number of fused-ring (bicyclic) bond motifs is 1. The predicted molar refractivity (Wildman–Crippen MR) is 120 cm³/mol. The molecule has 1 saturated carbocycles. The number of allylic oxidation sites excluding steroid dienone is 1. The van der Waals surface area contributed by atoms with Crippen LogP contribution in [0.2, 0.25) is 0 Å². The fourth-order valence-electron chi connectivity index (χ4n) is 3.32. The average Bonchev–Trinajstić information content (AvgIpc) is 3.60. The van der Waals surface area contributed by atoms with E-state index in [9.17, 15) is 4.79 Å². The maximum Gasteiger partial charge on any atom is 0.254 e. The molecule has 1 aliphatic carbocycles. The van der Waals surface area contributed by atoms with Crippen molar-refractivity contribution in [3.8, 4) is 0 Å². The fraction of sp³-hybridized carbons (Fsp3) is 0.217. The third-order valence-electron chi connectivity index (χ3n) is 5.13. The Labute approximate surface area is 174 Å². The van der Waals surface area contributed by atoms with Gasteiger partial charge in [-0.2, -0.15) is 0 Å². The van der Waals surface area contributed by atoms with Crippen LogP contribution in [0.3, 0.4) is 0 Å². The summed E-state index contributed by atoms with van der Waals surface area (Å²) in [5, 5.41) is 14.9. The van der Waals surface area contributed by atoms with Crippen molar-refractivity contribution in [2.75, 3.05) is 11.9 Å². The van der Waals surface area contributed by atoms with Crippen LogP contribution in [-0.2, 0) is 6.42 Å². The minimum atomic E-state index is -0.163. The Morgan fingerprint density at radius 1 is 1.27 bits per heavy atom. The summed E-state index contributed by atoms with van der Waals surface area (Å²) in [6.45, 7) is 0.513. The van der Waals surface area contributed by atoms with Gasteiger partial charge in [-0.05, 0) is 48.6 Å². The molecule has 7 heteroatoms. The van der Waals surface area contributed by atoms with E-state index in [1.54, 1.807) is 18.6 Å². The highest BCUT2D eigenvalue weighted by molar-refractivity contribution is 6.11.